The molecule has 0 unspecified atom stereocenters. The maximum absolute atomic E-state index is 12.2. The first-order valence-corrected chi connectivity index (χ1v) is 10.6. The molecule has 0 N–H and O–H groups in total. The number of amides is 1. The van der Waals surface area contributed by atoms with Crippen LogP contribution in [0, 0.1) is 6.92 Å². The predicted octanol–water partition coefficient (Wildman–Crippen LogP) is 5.30. The molecule has 0 spiro atoms. The van der Waals surface area contributed by atoms with Crippen LogP contribution in [0.3, 0.4) is 0 Å². The highest BCUT2D eigenvalue weighted by molar-refractivity contribution is 7.14. The molecule has 2 aromatic carbocycles. The molecule has 0 fully saturated rings. The van der Waals surface area contributed by atoms with Crippen molar-refractivity contribution in [2.75, 3.05) is 25.1 Å². The van der Waals surface area contributed by atoms with E-state index in [1.54, 1.807) is 17.9 Å². The van der Waals surface area contributed by atoms with Crippen LogP contribution in [0.1, 0.15) is 18.2 Å². The summed E-state index contributed by atoms with van der Waals surface area (Å²) >= 11 is 7.44. The van der Waals surface area contributed by atoms with E-state index in [2.05, 4.69) is 9.88 Å². The number of aryl methyl sites for hydroxylation is 1. The van der Waals surface area contributed by atoms with Gasteiger partial charge in [-0.15, -0.1) is 11.3 Å². The second kappa shape index (κ2) is 9.87. The first kappa shape index (κ1) is 21.3. The number of carbonyl (C=O) groups is 1. The van der Waals surface area contributed by atoms with Crippen molar-refractivity contribution in [3.05, 3.63) is 70.2 Å². The van der Waals surface area contributed by atoms with Crippen LogP contribution in [-0.4, -0.2) is 36.0 Å². The Morgan fingerprint density at radius 1 is 1.21 bits per heavy atom. The van der Waals surface area contributed by atoms with Crippen molar-refractivity contribution in [3.8, 4) is 5.75 Å². The van der Waals surface area contributed by atoms with Crippen LogP contribution in [0.5, 0.6) is 5.75 Å². The fourth-order valence-electron chi connectivity index (χ4n) is 2.82. The molecule has 29 heavy (non-hydrogen) atoms. The monoisotopic (exact) mass is 429 g/mol. The zero-order chi connectivity index (χ0) is 20.8. The van der Waals surface area contributed by atoms with Gasteiger partial charge in [-0.25, -0.2) is 4.98 Å². The number of nitrogens with zero attached hydrogens (tertiary/aromatic N) is 3. The fraction of sp³-hybridized carbons (Fsp3) is 0.273. The molecule has 3 rings (SSSR count). The van der Waals surface area contributed by atoms with E-state index in [1.807, 2.05) is 61.8 Å². The number of hydrogen-bond donors (Lipinski definition) is 0. The SMILES string of the molecule is CC(=O)N(c1ccc(C)cc1)c1nc(CN(C)CCOc2cccc(Cl)c2)cs1. The Morgan fingerprint density at radius 2 is 1.97 bits per heavy atom. The van der Waals surface area contributed by atoms with Crippen LogP contribution in [0.2, 0.25) is 5.02 Å². The lowest BCUT2D eigenvalue weighted by Gasteiger charge is -2.18. The lowest BCUT2D eigenvalue weighted by Crippen LogP contribution is -2.25. The number of halogens is 1. The Hall–Kier alpha value is -2.41. The van der Waals surface area contributed by atoms with E-state index in [1.165, 1.54) is 11.3 Å². The molecule has 0 radical (unpaired) electrons. The molecule has 0 aliphatic rings. The van der Waals surface area contributed by atoms with Crippen LogP contribution in [0.15, 0.2) is 53.9 Å². The molecule has 1 heterocycles. The summed E-state index contributed by atoms with van der Waals surface area (Å²) in [6, 6.07) is 15.2. The first-order valence-electron chi connectivity index (χ1n) is 9.31. The highest BCUT2D eigenvalue weighted by Gasteiger charge is 2.18. The van der Waals surface area contributed by atoms with Gasteiger partial charge in [0.25, 0.3) is 0 Å². The highest BCUT2D eigenvalue weighted by Crippen LogP contribution is 2.29. The van der Waals surface area contributed by atoms with Crippen LogP contribution in [0.25, 0.3) is 0 Å². The fourth-order valence-corrected chi connectivity index (χ4v) is 3.88. The van der Waals surface area contributed by atoms with Crippen molar-refractivity contribution in [3.63, 3.8) is 0 Å². The minimum absolute atomic E-state index is 0.0574. The average Bonchev–Trinajstić information content (AvgIpc) is 3.11. The molecule has 3 aromatic rings. The summed E-state index contributed by atoms with van der Waals surface area (Å²) in [5.74, 6) is 0.704. The molecular formula is C22H24ClN3O2S. The van der Waals surface area contributed by atoms with Crippen molar-refractivity contribution in [2.24, 2.45) is 0 Å². The molecule has 0 saturated heterocycles. The average molecular weight is 430 g/mol. The van der Waals surface area contributed by atoms with Crippen LogP contribution in [-0.2, 0) is 11.3 Å². The van der Waals surface area contributed by atoms with E-state index in [-0.39, 0.29) is 5.91 Å². The number of ether oxygens (including phenoxy) is 1. The normalized spacial score (nSPS) is 10.9. The molecule has 0 aliphatic carbocycles. The second-order valence-electron chi connectivity index (χ2n) is 6.86. The molecule has 1 amide bonds. The Labute approximate surface area is 180 Å². The number of anilines is 2. The van der Waals surface area contributed by atoms with E-state index in [9.17, 15) is 4.79 Å². The molecule has 0 bridgehead atoms. The van der Waals surface area contributed by atoms with E-state index in [0.29, 0.717) is 23.3 Å². The quantitative estimate of drug-likeness (QED) is 0.487. The summed E-state index contributed by atoms with van der Waals surface area (Å²) < 4.78 is 5.74. The van der Waals surface area contributed by atoms with E-state index < -0.39 is 0 Å². The summed E-state index contributed by atoms with van der Waals surface area (Å²) in [6.07, 6.45) is 0. The zero-order valence-electron chi connectivity index (χ0n) is 16.8. The predicted molar refractivity (Wildman–Crippen MR) is 119 cm³/mol. The van der Waals surface area contributed by atoms with Crippen molar-refractivity contribution in [2.45, 2.75) is 20.4 Å². The largest absolute Gasteiger partial charge is 0.492 e. The van der Waals surface area contributed by atoms with E-state index in [4.69, 9.17) is 16.3 Å². The summed E-state index contributed by atoms with van der Waals surface area (Å²) in [5.41, 5.74) is 2.90. The van der Waals surface area contributed by atoms with Crippen molar-refractivity contribution < 1.29 is 9.53 Å². The number of benzene rings is 2. The molecular weight excluding hydrogens is 406 g/mol. The number of likely N-dealkylation sites (N-methyl/N-ethyl adjacent to an activating group) is 1. The number of carbonyl (C=O) groups excluding carboxylic acids is 1. The first-order chi connectivity index (χ1) is 13.9. The van der Waals surface area contributed by atoms with Gasteiger partial charge in [0.15, 0.2) is 5.13 Å². The number of hydrogen-bond acceptors (Lipinski definition) is 5. The van der Waals surface area contributed by atoms with Gasteiger partial charge in [0.2, 0.25) is 5.91 Å². The van der Waals surface area contributed by atoms with Crippen molar-refractivity contribution >= 4 is 39.7 Å². The Balaban J connectivity index is 1.58. The molecule has 0 aliphatic heterocycles. The smallest absolute Gasteiger partial charge is 0.230 e. The molecule has 1 aromatic heterocycles. The summed E-state index contributed by atoms with van der Waals surface area (Å²) in [7, 11) is 2.02. The van der Waals surface area contributed by atoms with E-state index in [0.717, 1.165) is 29.2 Å². The number of aromatic nitrogens is 1. The lowest BCUT2D eigenvalue weighted by atomic mass is 10.2. The van der Waals surface area contributed by atoms with Crippen molar-refractivity contribution in [1.82, 2.24) is 9.88 Å². The Kier molecular flexibility index (Phi) is 7.25. The maximum atomic E-state index is 12.2. The van der Waals surface area contributed by atoms with Gasteiger partial charge in [-0.3, -0.25) is 14.6 Å². The molecule has 0 atom stereocenters. The Morgan fingerprint density at radius 3 is 2.66 bits per heavy atom. The van der Waals surface area contributed by atoms with Crippen LogP contribution >= 0.6 is 22.9 Å². The zero-order valence-corrected chi connectivity index (χ0v) is 18.3. The van der Waals surface area contributed by atoms with Crippen LogP contribution in [0.4, 0.5) is 10.8 Å². The minimum atomic E-state index is -0.0574. The van der Waals surface area contributed by atoms with Crippen molar-refractivity contribution in [1.29, 1.82) is 0 Å². The summed E-state index contributed by atoms with van der Waals surface area (Å²) in [4.78, 5) is 20.7. The highest BCUT2D eigenvalue weighted by atomic mass is 35.5. The summed E-state index contributed by atoms with van der Waals surface area (Å²) in [6.45, 7) is 5.55. The topological polar surface area (TPSA) is 45.7 Å². The van der Waals surface area contributed by atoms with E-state index >= 15 is 0 Å². The second-order valence-corrected chi connectivity index (χ2v) is 8.13. The van der Waals surface area contributed by atoms with Gasteiger partial charge in [0.1, 0.15) is 12.4 Å². The van der Waals surface area contributed by atoms with Gasteiger partial charge in [-0.1, -0.05) is 35.4 Å². The third kappa shape index (κ3) is 6.03. The van der Waals surface area contributed by atoms with Gasteiger partial charge in [-0.2, -0.15) is 0 Å². The van der Waals surface area contributed by atoms with Gasteiger partial charge >= 0.3 is 0 Å². The minimum Gasteiger partial charge on any atom is -0.492 e. The molecule has 5 nitrogen and oxygen atoms in total. The third-order valence-electron chi connectivity index (χ3n) is 4.31. The Bertz CT molecular complexity index is 959. The van der Waals surface area contributed by atoms with Gasteiger partial charge in [0.05, 0.1) is 11.4 Å². The molecule has 0 saturated carbocycles. The molecule has 152 valence electrons. The third-order valence-corrected chi connectivity index (χ3v) is 5.42. The van der Waals surface area contributed by atoms with Crippen LogP contribution < -0.4 is 9.64 Å². The van der Waals surface area contributed by atoms with Gasteiger partial charge in [-0.05, 0) is 44.3 Å². The standard InChI is InChI=1S/C22H24ClN3O2S/c1-16-7-9-20(10-8-16)26(17(2)27)22-24-19(15-29-22)14-25(3)11-12-28-21-6-4-5-18(23)13-21/h4-10,13,15H,11-12,14H2,1-3H3. The van der Waals surface area contributed by atoms with Gasteiger partial charge in [0, 0.05) is 30.4 Å². The lowest BCUT2D eigenvalue weighted by molar-refractivity contribution is -0.115. The molecule has 7 heteroatoms. The van der Waals surface area contributed by atoms with Gasteiger partial charge < -0.3 is 4.74 Å². The number of rotatable bonds is 8. The maximum Gasteiger partial charge on any atom is 0.230 e. The summed E-state index contributed by atoms with van der Waals surface area (Å²) in [5, 5.41) is 3.34. The number of thiazole rings is 1.